The Hall–Kier alpha value is -2.79. The molecular weight excluding hydrogens is 326 g/mol. The van der Waals surface area contributed by atoms with E-state index in [4.69, 9.17) is 10.00 Å². The Balaban J connectivity index is 1.82. The van der Waals surface area contributed by atoms with Crippen LogP contribution >= 0.6 is 0 Å². The van der Waals surface area contributed by atoms with E-state index in [2.05, 4.69) is 12.3 Å². The number of ketones is 1. The fraction of sp³-hybridized carbons (Fsp3) is 0.471. The van der Waals surface area contributed by atoms with Crippen molar-refractivity contribution in [2.45, 2.75) is 19.3 Å². The van der Waals surface area contributed by atoms with Crippen LogP contribution in [0.1, 0.15) is 19.3 Å². The van der Waals surface area contributed by atoms with Crippen LogP contribution < -0.4 is 5.73 Å². The van der Waals surface area contributed by atoms with Gasteiger partial charge in [0, 0.05) is 6.54 Å². The van der Waals surface area contributed by atoms with Crippen LogP contribution in [0.2, 0.25) is 0 Å². The number of esters is 1. The van der Waals surface area contributed by atoms with E-state index >= 15 is 0 Å². The lowest BCUT2D eigenvalue weighted by atomic mass is 9.85. The third-order valence-electron chi connectivity index (χ3n) is 4.37. The number of hydrogen-bond acceptors (Lipinski definition) is 6. The summed E-state index contributed by atoms with van der Waals surface area (Å²) in [5, 5.41) is 8.84. The summed E-state index contributed by atoms with van der Waals surface area (Å²) in [4.78, 5) is 49.1. The Morgan fingerprint density at radius 2 is 1.88 bits per heavy atom. The number of fused-ring (bicyclic) bond motifs is 1. The number of carbonyl (C=O) groups is 4. The molecule has 8 nitrogen and oxygen atoms in total. The summed E-state index contributed by atoms with van der Waals surface area (Å²) >= 11 is 0. The van der Waals surface area contributed by atoms with E-state index in [-0.39, 0.29) is 42.3 Å². The molecule has 25 heavy (non-hydrogen) atoms. The van der Waals surface area contributed by atoms with Gasteiger partial charge in [0.1, 0.15) is 5.70 Å². The van der Waals surface area contributed by atoms with Crippen LogP contribution in [0.3, 0.4) is 0 Å². The number of likely N-dealkylation sites (tertiary alicyclic amines) is 1. The summed E-state index contributed by atoms with van der Waals surface area (Å²) in [5.74, 6) is -3.65. The molecule has 0 unspecified atom stereocenters. The van der Waals surface area contributed by atoms with Gasteiger partial charge < -0.3 is 10.5 Å². The fourth-order valence-electron chi connectivity index (χ4n) is 2.99. The van der Waals surface area contributed by atoms with Gasteiger partial charge in [-0.15, -0.1) is 0 Å². The van der Waals surface area contributed by atoms with E-state index in [1.165, 1.54) is 0 Å². The zero-order valence-electron chi connectivity index (χ0n) is 13.8. The average molecular weight is 346 g/mol. The van der Waals surface area contributed by atoms with Gasteiger partial charge in [0.05, 0.1) is 24.3 Å². The van der Waals surface area contributed by atoms with E-state index in [0.29, 0.717) is 12.8 Å². The van der Waals surface area contributed by atoms with Gasteiger partial charge in [-0.1, -0.05) is 12.2 Å². The number of carbonyl (C=O) groups excluding carboxylic acids is 4. The van der Waals surface area contributed by atoms with E-state index in [1.54, 1.807) is 6.07 Å². The van der Waals surface area contributed by atoms with Gasteiger partial charge in [0.15, 0.2) is 18.3 Å². The number of quaternary nitrogens is 1. The molecule has 1 saturated heterocycles. The average Bonchev–Trinajstić information content (AvgIpc) is 2.83. The number of hydrogen-bond donors (Lipinski definition) is 1. The number of imide groups is 1. The largest absolute Gasteiger partial charge is 0.458 e. The minimum atomic E-state index is -1.12. The maximum absolute atomic E-state index is 12.2. The summed E-state index contributed by atoms with van der Waals surface area (Å²) in [6, 6.07) is 1.74. The molecule has 0 aromatic heterocycles. The lowest BCUT2D eigenvalue weighted by Crippen LogP contribution is -2.51. The molecule has 3 N–H and O–H groups in total. The van der Waals surface area contributed by atoms with Crippen molar-refractivity contribution in [3.63, 3.8) is 0 Å². The van der Waals surface area contributed by atoms with Crippen molar-refractivity contribution in [3.05, 3.63) is 24.4 Å². The zero-order valence-corrected chi connectivity index (χ0v) is 13.8. The first kappa shape index (κ1) is 18.5. The molecule has 1 fully saturated rings. The summed E-state index contributed by atoms with van der Waals surface area (Å²) < 4.78 is 4.82. The monoisotopic (exact) mass is 346 g/mol. The predicted molar refractivity (Wildman–Crippen MR) is 83.8 cm³/mol. The zero-order chi connectivity index (χ0) is 18.6. The van der Waals surface area contributed by atoms with Crippen LogP contribution in [-0.4, -0.2) is 41.6 Å². The Labute approximate surface area is 144 Å². The van der Waals surface area contributed by atoms with Crippen molar-refractivity contribution in [3.8, 4) is 6.07 Å². The fourth-order valence-corrected chi connectivity index (χ4v) is 2.99. The van der Waals surface area contributed by atoms with Crippen molar-refractivity contribution in [2.75, 3.05) is 13.2 Å². The van der Waals surface area contributed by atoms with Crippen molar-refractivity contribution < 1.29 is 29.6 Å². The lowest BCUT2D eigenvalue weighted by molar-refractivity contribution is -0.309. The van der Waals surface area contributed by atoms with Gasteiger partial charge in [0.25, 0.3) is 0 Å². The smallest absolute Gasteiger partial charge is 0.308 e. The second kappa shape index (κ2) is 7.85. The molecule has 1 aliphatic carbocycles. The van der Waals surface area contributed by atoms with Crippen LogP contribution in [0, 0.1) is 29.1 Å². The van der Waals surface area contributed by atoms with Gasteiger partial charge in [-0.2, -0.15) is 5.26 Å². The number of amides is 2. The molecule has 0 spiro atoms. The maximum Gasteiger partial charge on any atom is 0.308 e. The summed E-state index contributed by atoms with van der Waals surface area (Å²) in [6.45, 7) is 2.80. The molecule has 0 radical (unpaired) electrons. The van der Waals surface area contributed by atoms with Gasteiger partial charge in [-0.25, -0.2) is 0 Å². The van der Waals surface area contributed by atoms with Gasteiger partial charge in [-0.05, 0) is 19.4 Å². The minimum Gasteiger partial charge on any atom is -0.458 e. The third-order valence-corrected chi connectivity index (χ3v) is 4.37. The van der Waals surface area contributed by atoms with E-state index < -0.39 is 24.3 Å². The van der Waals surface area contributed by atoms with Gasteiger partial charge >= 0.3 is 5.97 Å². The highest BCUT2D eigenvalue weighted by Crippen LogP contribution is 2.34. The standard InChI is InChI=1S/C17H19N3O5/c1-10(19)13(8-18)14(21)9-25-15(22)6-7-20-16(23)11-4-2-3-5-12(11)17(20)24/h2-3,11-13H,1,4-7,9,19H2/p+1/t11-,12+,13-/m1/s1. The number of nitriles is 1. The second-order valence-electron chi connectivity index (χ2n) is 6.08. The molecule has 1 aliphatic heterocycles. The van der Waals surface area contributed by atoms with Crippen LogP contribution in [0.25, 0.3) is 0 Å². The van der Waals surface area contributed by atoms with E-state index in [9.17, 15) is 19.2 Å². The van der Waals surface area contributed by atoms with Crippen LogP contribution in [0.15, 0.2) is 24.4 Å². The van der Waals surface area contributed by atoms with Crippen LogP contribution in [0.4, 0.5) is 0 Å². The second-order valence-corrected chi connectivity index (χ2v) is 6.08. The van der Waals surface area contributed by atoms with Crippen molar-refractivity contribution in [1.82, 2.24) is 4.90 Å². The molecule has 132 valence electrons. The molecule has 3 atom stereocenters. The Morgan fingerprint density at radius 3 is 2.36 bits per heavy atom. The molecule has 2 aliphatic rings. The molecule has 0 aromatic rings. The predicted octanol–water partition coefficient (Wildman–Crippen LogP) is -0.665. The first-order chi connectivity index (χ1) is 11.9. The molecule has 2 amide bonds. The Bertz CT molecular complexity index is 665. The third kappa shape index (κ3) is 4.00. The normalized spacial score (nSPS) is 23.0. The highest BCUT2D eigenvalue weighted by Gasteiger charge is 2.46. The van der Waals surface area contributed by atoms with Crippen molar-refractivity contribution >= 4 is 23.6 Å². The molecule has 2 rings (SSSR count). The Kier molecular flexibility index (Phi) is 5.83. The lowest BCUT2D eigenvalue weighted by Gasteiger charge is -2.14. The molecule has 0 bridgehead atoms. The molecule has 8 heteroatoms. The summed E-state index contributed by atoms with van der Waals surface area (Å²) in [6.07, 6.45) is 4.65. The maximum atomic E-state index is 12.2. The number of allylic oxidation sites excluding steroid dienone is 3. The van der Waals surface area contributed by atoms with Gasteiger partial charge in [-0.3, -0.25) is 24.1 Å². The SMILES string of the molecule is C=C([NH3+])[C@@H](C#N)C(=O)COC(=O)CCN1C(=O)[C@H]2CC=CC[C@H]2C1=O. The first-order valence-corrected chi connectivity index (χ1v) is 7.95. The molecular formula is C17H20N3O5+. The van der Waals surface area contributed by atoms with Crippen LogP contribution in [-0.2, 0) is 23.9 Å². The molecule has 0 saturated carbocycles. The summed E-state index contributed by atoms with van der Waals surface area (Å²) in [5.41, 5.74) is 3.57. The summed E-state index contributed by atoms with van der Waals surface area (Å²) in [7, 11) is 0. The number of nitrogens with zero attached hydrogens (tertiary/aromatic N) is 2. The number of Topliss-reactive ketones (excluding diaryl/α,β-unsaturated/α-hetero) is 1. The minimum absolute atomic E-state index is 0.0680. The van der Waals surface area contributed by atoms with E-state index in [0.717, 1.165) is 4.90 Å². The molecule has 0 aromatic carbocycles. The quantitative estimate of drug-likeness (QED) is 0.369. The number of ether oxygens (including phenoxy) is 1. The topological polar surface area (TPSA) is 132 Å². The first-order valence-electron chi connectivity index (χ1n) is 7.95. The van der Waals surface area contributed by atoms with Crippen molar-refractivity contribution in [2.24, 2.45) is 17.8 Å². The van der Waals surface area contributed by atoms with Gasteiger partial charge in [0.2, 0.25) is 11.8 Å². The van der Waals surface area contributed by atoms with Crippen LogP contribution in [0.5, 0.6) is 0 Å². The van der Waals surface area contributed by atoms with E-state index in [1.807, 2.05) is 12.2 Å². The van der Waals surface area contributed by atoms with Crippen molar-refractivity contribution in [1.29, 1.82) is 5.26 Å². The highest BCUT2D eigenvalue weighted by atomic mass is 16.5. The highest BCUT2D eigenvalue weighted by molar-refractivity contribution is 6.05. The number of rotatable bonds is 7. The Morgan fingerprint density at radius 1 is 1.32 bits per heavy atom. The molecule has 1 heterocycles.